The van der Waals surface area contributed by atoms with E-state index < -0.39 is 29.0 Å². The van der Waals surface area contributed by atoms with E-state index in [1.165, 1.54) is 11.5 Å². The van der Waals surface area contributed by atoms with Crippen molar-refractivity contribution in [1.82, 2.24) is 5.48 Å². The average Bonchev–Trinajstić information content (AvgIpc) is 2.73. The van der Waals surface area contributed by atoms with Crippen molar-refractivity contribution >= 4 is 30.5 Å². The Labute approximate surface area is 173 Å². The number of carbonyl (C=O) groups excluding carboxylic acids is 1. The first kappa shape index (κ1) is 22.4. The number of carboxylic acid groups (broad SMARTS) is 2. The van der Waals surface area contributed by atoms with Crippen molar-refractivity contribution in [3.63, 3.8) is 0 Å². The Morgan fingerprint density at radius 2 is 1.66 bits per heavy atom. The number of aromatic carboxylic acids is 1. The summed E-state index contributed by atoms with van der Waals surface area (Å²) in [5, 5.41) is 26.9. The number of amides is 1. The number of thiol groups is 1. The lowest BCUT2D eigenvalue weighted by Gasteiger charge is -2.21. The van der Waals surface area contributed by atoms with Crippen LogP contribution in [0.15, 0.2) is 48.5 Å². The van der Waals surface area contributed by atoms with E-state index in [1.54, 1.807) is 12.1 Å². The molecule has 2 aromatic carbocycles. The van der Waals surface area contributed by atoms with E-state index in [-0.39, 0.29) is 18.4 Å². The average molecular weight is 417 g/mol. The van der Waals surface area contributed by atoms with Crippen LogP contribution >= 0.6 is 12.6 Å². The van der Waals surface area contributed by atoms with Crippen LogP contribution in [0.3, 0.4) is 0 Å². The molecule has 0 saturated heterocycles. The molecule has 2 unspecified atom stereocenters. The van der Waals surface area contributed by atoms with Gasteiger partial charge in [-0.25, -0.2) is 10.3 Å². The third-order valence-electron chi connectivity index (χ3n) is 4.64. The predicted molar refractivity (Wildman–Crippen MR) is 110 cm³/mol. The molecule has 1 amide bonds. The van der Waals surface area contributed by atoms with E-state index in [9.17, 15) is 24.6 Å². The zero-order chi connectivity index (χ0) is 21.4. The Hall–Kier alpha value is -2.84. The summed E-state index contributed by atoms with van der Waals surface area (Å²) >= 11 is 4.50. The fraction of sp³-hybridized carbons (Fsp3) is 0.286. The van der Waals surface area contributed by atoms with Crippen molar-refractivity contribution in [2.75, 3.05) is 0 Å². The van der Waals surface area contributed by atoms with Gasteiger partial charge in [0, 0.05) is 11.7 Å². The van der Waals surface area contributed by atoms with Crippen LogP contribution in [0.25, 0.3) is 11.1 Å². The number of hydrogen-bond acceptors (Lipinski definition) is 5. The molecular weight excluding hydrogens is 394 g/mol. The molecule has 0 saturated carbocycles. The van der Waals surface area contributed by atoms with Gasteiger partial charge in [-0.15, -0.1) is 0 Å². The van der Waals surface area contributed by atoms with Crippen LogP contribution in [-0.4, -0.2) is 33.3 Å². The molecule has 0 aliphatic rings. The first-order chi connectivity index (χ1) is 13.8. The van der Waals surface area contributed by atoms with E-state index in [1.807, 2.05) is 30.3 Å². The maximum Gasteiger partial charge on any atom is 0.335 e. The van der Waals surface area contributed by atoms with Crippen LogP contribution < -0.4 is 5.48 Å². The second kappa shape index (κ2) is 10.6. The number of rotatable bonds is 10. The SMILES string of the molecule is O=C(CCCCC(C(=O)O)C(S)c1cc(C(=O)O)cc(-c2ccccc2)c1)NO. The summed E-state index contributed by atoms with van der Waals surface area (Å²) in [5.41, 5.74) is 3.59. The Morgan fingerprint density at radius 1 is 0.966 bits per heavy atom. The second-order valence-corrected chi connectivity index (χ2v) is 7.24. The number of nitrogens with one attached hydrogen (secondary N) is 1. The normalized spacial score (nSPS) is 12.8. The van der Waals surface area contributed by atoms with Gasteiger partial charge in [-0.1, -0.05) is 36.8 Å². The summed E-state index contributed by atoms with van der Waals surface area (Å²) < 4.78 is 0. The van der Waals surface area contributed by atoms with Gasteiger partial charge in [0.15, 0.2) is 0 Å². The molecule has 0 aliphatic heterocycles. The van der Waals surface area contributed by atoms with Gasteiger partial charge in [-0.3, -0.25) is 14.8 Å². The molecular formula is C21H23NO6S. The molecule has 8 heteroatoms. The maximum absolute atomic E-state index is 11.8. The van der Waals surface area contributed by atoms with Crippen molar-refractivity contribution in [3.8, 4) is 11.1 Å². The minimum Gasteiger partial charge on any atom is -0.481 e. The van der Waals surface area contributed by atoms with Gasteiger partial charge < -0.3 is 10.2 Å². The van der Waals surface area contributed by atoms with Crippen LogP contribution in [0.4, 0.5) is 0 Å². The van der Waals surface area contributed by atoms with Gasteiger partial charge in [0.2, 0.25) is 5.91 Å². The molecule has 29 heavy (non-hydrogen) atoms. The van der Waals surface area contributed by atoms with Gasteiger partial charge in [-0.2, -0.15) is 12.6 Å². The van der Waals surface area contributed by atoms with Crippen LogP contribution in [0.5, 0.6) is 0 Å². The molecule has 2 atom stereocenters. The molecule has 0 heterocycles. The lowest BCUT2D eigenvalue weighted by Crippen LogP contribution is -2.20. The molecule has 0 fully saturated rings. The Balaban J connectivity index is 2.27. The molecule has 4 N–H and O–H groups in total. The first-order valence-corrected chi connectivity index (χ1v) is 9.62. The summed E-state index contributed by atoms with van der Waals surface area (Å²) in [5.74, 6) is -3.53. The van der Waals surface area contributed by atoms with Gasteiger partial charge in [0.05, 0.1) is 11.5 Å². The number of hydrogen-bond donors (Lipinski definition) is 5. The van der Waals surface area contributed by atoms with Crippen molar-refractivity contribution in [1.29, 1.82) is 0 Å². The van der Waals surface area contributed by atoms with Gasteiger partial charge in [-0.05, 0) is 47.7 Å². The molecule has 0 radical (unpaired) electrons. The molecule has 154 valence electrons. The highest BCUT2D eigenvalue weighted by Crippen LogP contribution is 2.35. The highest BCUT2D eigenvalue weighted by molar-refractivity contribution is 7.80. The van der Waals surface area contributed by atoms with Crippen LogP contribution in [0.2, 0.25) is 0 Å². The molecule has 2 rings (SSSR count). The smallest absolute Gasteiger partial charge is 0.335 e. The van der Waals surface area contributed by atoms with Gasteiger partial charge in [0.1, 0.15) is 0 Å². The van der Waals surface area contributed by atoms with Crippen LogP contribution in [0, 0.1) is 5.92 Å². The topological polar surface area (TPSA) is 124 Å². The van der Waals surface area contributed by atoms with E-state index in [0.29, 0.717) is 24.0 Å². The third kappa shape index (κ3) is 6.33. The monoisotopic (exact) mass is 417 g/mol. The summed E-state index contributed by atoms with van der Waals surface area (Å²) in [6, 6.07) is 14.0. The summed E-state index contributed by atoms with van der Waals surface area (Å²) in [6.07, 6.45) is 1.22. The van der Waals surface area contributed by atoms with E-state index >= 15 is 0 Å². The molecule has 0 spiro atoms. The Bertz CT molecular complexity index is 871. The van der Waals surface area contributed by atoms with Gasteiger partial charge in [0.25, 0.3) is 0 Å². The molecule has 0 aliphatic carbocycles. The van der Waals surface area contributed by atoms with Crippen LogP contribution in [0.1, 0.15) is 46.9 Å². The first-order valence-electron chi connectivity index (χ1n) is 9.11. The Kier molecular flexibility index (Phi) is 8.23. The zero-order valence-corrected chi connectivity index (χ0v) is 16.5. The minimum absolute atomic E-state index is 0.0594. The van der Waals surface area contributed by atoms with Crippen molar-refractivity contribution in [2.45, 2.75) is 30.9 Å². The number of unbranched alkanes of at least 4 members (excludes halogenated alkanes) is 1. The molecule has 0 bridgehead atoms. The maximum atomic E-state index is 11.8. The minimum atomic E-state index is -1.11. The third-order valence-corrected chi connectivity index (χ3v) is 5.30. The fourth-order valence-electron chi connectivity index (χ4n) is 3.10. The standard InChI is InChI=1S/C21H23NO6S/c23-18(22-28)9-5-4-8-17(21(26)27)19(29)15-10-14(11-16(12-15)20(24)25)13-6-2-1-3-7-13/h1-3,6-7,10-12,17,19,28-29H,4-5,8-9H2,(H,22,23)(H,24,25)(H,26,27). The molecule has 0 aromatic heterocycles. The lowest BCUT2D eigenvalue weighted by atomic mass is 9.90. The van der Waals surface area contributed by atoms with Crippen LogP contribution in [-0.2, 0) is 9.59 Å². The number of carbonyl (C=O) groups is 3. The van der Waals surface area contributed by atoms with Gasteiger partial charge >= 0.3 is 11.9 Å². The highest BCUT2D eigenvalue weighted by atomic mass is 32.1. The molecule has 2 aromatic rings. The second-order valence-electron chi connectivity index (χ2n) is 6.69. The predicted octanol–water partition coefficient (Wildman–Crippen LogP) is 3.79. The summed E-state index contributed by atoms with van der Waals surface area (Å²) in [7, 11) is 0. The van der Waals surface area contributed by atoms with E-state index in [4.69, 9.17) is 5.21 Å². The molecule has 7 nitrogen and oxygen atoms in total. The largest absolute Gasteiger partial charge is 0.481 e. The number of aliphatic carboxylic acids is 1. The number of carboxylic acids is 2. The summed E-state index contributed by atoms with van der Waals surface area (Å²) in [6.45, 7) is 0. The number of hydroxylamine groups is 1. The lowest BCUT2D eigenvalue weighted by molar-refractivity contribution is -0.142. The van der Waals surface area contributed by atoms with E-state index in [2.05, 4.69) is 12.6 Å². The fourth-order valence-corrected chi connectivity index (χ4v) is 3.52. The highest BCUT2D eigenvalue weighted by Gasteiger charge is 2.27. The number of benzene rings is 2. The quantitative estimate of drug-likeness (QED) is 0.173. The van der Waals surface area contributed by atoms with E-state index in [0.717, 1.165) is 5.56 Å². The Morgan fingerprint density at radius 3 is 2.24 bits per heavy atom. The summed E-state index contributed by atoms with van der Waals surface area (Å²) in [4.78, 5) is 34.4. The van der Waals surface area contributed by atoms with Crippen molar-refractivity contribution in [3.05, 3.63) is 59.7 Å². The van der Waals surface area contributed by atoms with Crippen molar-refractivity contribution in [2.24, 2.45) is 5.92 Å². The zero-order valence-electron chi connectivity index (χ0n) is 15.6. The van der Waals surface area contributed by atoms with Crippen molar-refractivity contribution < 1.29 is 29.8 Å².